The van der Waals surface area contributed by atoms with E-state index in [0.717, 1.165) is 44.3 Å². The van der Waals surface area contributed by atoms with E-state index in [2.05, 4.69) is 182 Å². The van der Waals surface area contributed by atoms with Crippen LogP contribution in [0.15, 0.2) is 182 Å². The van der Waals surface area contributed by atoms with Crippen LogP contribution in [0.4, 0.5) is 0 Å². The van der Waals surface area contributed by atoms with Crippen molar-refractivity contribution in [1.82, 2.24) is 9.97 Å². The van der Waals surface area contributed by atoms with Crippen molar-refractivity contribution < 1.29 is 0 Å². The summed E-state index contributed by atoms with van der Waals surface area (Å²) in [7, 11) is 0. The van der Waals surface area contributed by atoms with Gasteiger partial charge in [-0.05, 0) is 73.1 Å². The van der Waals surface area contributed by atoms with Gasteiger partial charge in [0.2, 0.25) is 0 Å². The van der Waals surface area contributed by atoms with E-state index in [1.54, 1.807) is 0 Å². The Balaban J connectivity index is 1.28. The number of nitrogens with zero attached hydrogens (tertiary/aromatic N) is 2. The third-order valence-corrected chi connectivity index (χ3v) is 10.3. The van der Waals surface area contributed by atoms with E-state index in [-0.39, 0.29) is 0 Å². The first-order valence-electron chi connectivity index (χ1n) is 16.8. The minimum atomic E-state index is -0.445. The Morgan fingerprint density at radius 2 is 1.02 bits per heavy atom. The van der Waals surface area contributed by atoms with Crippen LogP contribution in [0.2, 0.25) is 0 Å². The van der Waals surface area contributed by atoms with E-state index in [9.17, 15) is 0 Å². The summed E-state index contributed by atoms with van der Waals surface area (Å²) in [6.07, 6.45) is 0. The van der Waals surface area contributed by atoms with Crippen LogP contribution in [0, 0.1) is 0 Å². The molecule has 49 heavy (non-hydrogen) atoms. The molecule has 0 saturated heterocycles. The van der Waals surface area contributed by atoms with Gasteiger partial charge in [0.1, 0.15) is 0 Å². The summed E-state index contributed by atoms with van der Waals surface area (Å²) in [5.41, 5.74) is 11.2. The van der Waals surface area contributed by atoms with Gasteiger partial charge in [-0.1, -0.05) is 164 Å². The molecule has 228 valence electrons. The predicted molar refractivity (Wildman–Crippen MR) is 203 cm³/mol. The molecule has 1 heterocycles. The standard InChI is InChI=1S/C47H30N2/c1-4-16-32(17-5-1)45-44-36-23-11-10-15-31(36)27-28-43(44)48-46(49-45)38-25-14-18-33-29-42-40(30-39(33)38)37-24-12-13-26-41(37)47(42,34-19-6-2-7-20-34)35-21-8-3-9-22-35/h1-30H. The molecule has 0 N–H and O–H groups in total. The molecular weight excluding hydrogens is 593 g/mol. The lowest BCUT2D eigenvalue weighted by Crippen LogP contribution is -2.28. The molecule has 2 heteroatoms. The molecule has 1 aliphatic carbocycles. The van der Waals surface area contributed by atoms with Gasteiger partial charge in [0.15, 0.2) is 5.82 Å². The maximum absolute atomic E-state index is 5.39. The lowest BCUT2D eigenvalue weighted by molar-refractivity contribution is 0.769. The van der Waals surface area contributed by atoms with E-state index in [0.29, 0.717) is 0 Å². The van der Waals surface area contributed by atoms with Crippen LogP contribution in [0.1, 0.15) is 22.3 Å². The van der Waals surface area contributed by atoms with Gasteiger partial charge in [-0.15, -0.1) is 0 Å². The van der Waals surface area contributed by atoms with Crippen molar-refractivity contribution >= 4 is 32.4 Å². The molecular formula is C47H30N2. The minimum absolute atomic E-state index is 0.445. The monoisotopic (exact) mass is 622 g/mol. The molecule has 0 atom stereocenters. The second kappa shape index (κ2) is 10.8. The van der Waals surface area contributed by atoms with Gasteiger partial charge in [-0.3, -0.25) is 0 Å². The summed E-state index contributed by atoms with van der Waals surface area (Å²) in [6, 6.07) is 65.6. The molecule has 0 amide bonds. The zero-order chi connectivity index (χ0) is 32.4. The predicted octanol–water partition coefficient (Wildman–Crippen LogP) is 11.6. The van der Waals surface area contributed by atoms with Gasteiger partial charge in [0.05, 0.1) is 16.6 Å². The van der Waals surface area contributed by atoms with E-state index < -0.39 is 5.41 Å². The smallest absolute Gasteiger partial charge is 0.161 e. The molecule has 0 saturated carbocycles. The Morgan fingerprint density at radius 1 is 0.388 bits per heavy atom. The maximum Gasteiger partial charge on any atom is 0.161 e. The Morgan fingerprint density at radius 3 is 1.80 bits per heavy atom. The first-order valence-corrected chi connectivity index (χ1v) is 16.8. The largest absolute Gasteiger partial charge is 0.228 e. The van der Waals surface area contributed by atoms with Crippen molar-refractivity contribution in [2.75, 3.05) is 0 Å². The highest BCUT2D eigenvalue weighted by atomic mass is 14.9. The number of hydrogen-bond acceptors (Lipinski definition) is 2. The number of hydrogen-bond donors (Lipinski definition) is 0. The van der Waals surface area contributed by atoms with Crippen LogP contribution in [0.5, 0.6) is 0 Å². The topological polar surface area (TPSA) is 25.8 Å². The van der Waals surface area contributed by atoms with Gasteiger partial charge in [0.25, 0.3) is 0 Å². The van der Waals surface area contributed by atoms with Crippen molar-refractivity contribution in [1.29, 1.82) is 0 Å². The van der Waals surface area contributed by atoms with Gasteiger partial charge < -0.3 is 0 Å². The van der Waals surface area contributed by atoms with Crippen molar-refractivity contribution in [3.8, 4) is 33.8 Å². The van der Waals surface area contributed by atoms with Gasteiger partial charge in [0, 0.05) is 16.5 Å². The molecule has 2 nitrogen and oxygen atoms in total. The molecule has 0 fully saturated rings. The summed E-state index contributed by atoms with van der Waals surface area (Å²) < 4.78 is 0. The van der Waals surface area contributed by atoms with E-state index in [1.165, 1.54) is 44.2 Å². The Bertz CT molecular complexity index is 2660. The molecule has 10 rings (SSSR count). The number of fused-ring (bicyclic) bond motifs is 7. The zero-order valence-corrected chi connectivity index (χ0v) is 26.7. The summed E-state index contributed by atoms with van der Waals surface area (Å²) in [6.45, 7) is 0. The number of rotatable bonds is 4. The van der Waals surface area contributed by atoms with E-state index >= 15 is 0 Å². The Kier molecular flexibility index (Phi) is 6.13. The third kappa shape index (κ3) is 4.07. The fourth-order valence-corrected chi connectivity index (χ4v) is 8.24. The molecule has 0 unspecified atom stereocenters. The van der Waals surface area contributed by atoms with Crippen molar-refractivity contribution in [2.24, 2.45) is 0 Å². The Hall–Kier alpha value is -6.38. The second-order valence-electron chi connectivity index (χ2n) is 12.9. The maximum atomic E-state index is 5.39. The van der Waals surface area contributed by atoms with Crippen molar-refractivity contribution in [3.05, 3.63) is 204 Å². The number of benzene rings is 8. The summed E-state index contributed by atoms with van der Waals surface area (Å²) >= 11 is 0. The fourth-order valence-electron chi connectivity index (χ4n) is 8.24. The molecule has 0 aliphatic heterocycles. The van der Waals surface area contributed by atoms with Crippen LogP contribution in [0.25, 0.3) is 66.2 Å². The lowest BCUT2D eigenvalue weighted by atomic mass is 9.67. The van der Waals surface area contributed by atoms with Crippen LogP contribution < -0.4 is 0 Å². The highest BCUT2D eigenvalue weighted by Crippen LogP contribution is 2.57. The molecule has 1 aliphatic rings. The van der Waals surface area contributed by atoms with Gasteiger partial charge in [-0.2, -0.15) is 0 Å². The van der Waals surface area contributed by atoms with Crippen molar-refractivity contribution in [2.45, 2.75) is 5.41 Å². The lowest BCUT2D eigenvalue weighted by Gasteiger charge is -2.34. The molecule has 9 aromatic rings. The third-order valence-electron chi connectivity index (χ3n) is 10.3. The SMILES string of the molecule is c1ccc(-c2nc(-c3cccc4cc5c(cc34)-c3ccccc3C5(c3ccccc3)c3ccccc3)nc3ccc4ccccc4c23)cc1. The normalized spacial score (nSPS) is 13.1. The summed E-state index contributed by atoms with van der Waals surface area (Å²) in [4.78, 5) is 10.7. The molecule has 0 radical (unpaired) electrons. The quantitative estimate of drug-likeness (QED) is 0.183. The Labute approximate surface area is 285 Å². The molecule has 0 bridgehead atoms. The first kappa shape index (κ1) is 27.7. The highest BCUT2D eigenvalue weighted by Gasteiger charge is 2.46. The van der Waals surface area contributed by atoms with Crippen LogP contribution >= 0.6 is 0 Å². The summed E-state index contributed by atoms with van der Waals surface area (Å²) in [5, 5.41) is 5.74. The van der Waals surface area contributed by atoms with Crippen LogP contribution in [-0.4, -0.2) is 9.97 Å². The van der Waals surface area contributed by atoms with E-state index in [1.807, 2.05) is 0 Å². The van der Waals surface area contributed by atoms with Gasteiger partial charge >= 0.3 is 0 Å². The van der Waals surface area contributed by atoms with E-state index in [4.69, 9.17) is 9.97 Å². The average molecular weight is 623 g/mol. The second-order valence-corrected chi connectivity index (χ2v) is 12.9. The highest BCUT2D eigenvalue weighted by molar-refractivity contribution is 6.13. The number of aromatic nitrogens is 2. The van der Waals surface area contributed by atoms with Gasteiger partial charge in [-0.25, -0.2) is 9.97 Å². The molecule has 8 aromatic carbocycles. The van der Waals surface area contributed by atoms with Crippen LogP contribution in [-0.2, 0) is 5.41 Å². The summed E-state index contributed by atoms with van der Waals surface area (Å²) in [5.74, 6) is 0.732. The molecule has 1 aromatic heterocycles. The first-order chi connectivity index (χ1) is 24.3. The molecule has 0 spiro atoms. The zero-order valence-electron chi connectivity index (χ0n) is 26.7. The minimum Gasteiger partial charge on any atom is -0.228 e. The van der Waals surface area contributed by atoms with Crippen LogP contribution in [0.3, 0.4) is 0 Å². The fraction of sp³-hybridized carbons (Fsp3) is 0.0213. The average Bonchev–Trinajstić information content (AvgIpc) is 3.47. The van der Waals surface area contributed by atoms with Crippen molar-refractivity contribution in [3.63, 3.8) is 0 Å².